The van der Waals surface area contributed by atoms with Crippen molar-refractivity contribution in [1.29, 1.82) is 0 Å². The minimum Gasteiger partial charge on any atom is -0.494 e. The Hall–Kier alpha value is -3.44. The number of hydrogen-bond donors (Lipinski definition) is 3. The molecule has 38 heavy (non-hydrogen) atoms. The number of benzene rings is 2. The average Bonchev–Trinajstić information content (AvgIpc) is 2.86. The molecular formula is C24H30ClN6O6P. The summed E-state index contributed by atoms with van der Waals surface area (Å²) in [6, 6.07) is 9.41. The lowest BCUT2D eigenvalue weighted by Gasteiger charge is -2.22. The predicted octanol–water partition coefficient (Wildman–Crippen LogP) is 4.08. The summed E-state index contributed by atoms with van der Waals surface area (Å²) in [5.41, 5.74) is 0.491. The van der Waals surface area contributed by atoms with Crippen LogP contribution in [-0.4, -0.2) is 78.7 Å². The number of para-hydroxylation sites is 1. The summed E-state index contributed by atoms with van der Waals surface area (Å²) in [6.07, 6.45) is 1.37. The van der Waals surface area contributed by atoms with Gasteiger partial charge < -0.3 is 34.7 Å². The van der Waals surface area contributed by atoms with E-state index in [0.29, 0.717) is 11.0 Å². The number of ether oxygens (including phenoxy) is 2. The Morgan fingerprint density at radius 1 is 1.18 bits per heavy atom. The van der Waals surface area contributed by atoms with Crippen molar-refractivity contribution in [3.05, 3.63) is 57.7 Å². The van der Waals surface area contributed by atoms with E-state index in [1.165, 1.54) is 25.4 Å². The van der Waals surface area contributed by atoms with E-state index in [1.54, 1.807) is 56.6 Å². The standard InChI is InChI=1S/C24H30ClN6O6P/c1-30(2)15(13-32)14-37-21-11-20(36-3)18(10-19(21)31(33)34)28-24-26-12-16(25)23(29-24)27-17-8-6-7-9-22(17)38(4,5)35/h6-12,15,32H,13-14H2,1-5H3,(H2,26,27,28,29). The molecule has 204 valence electrons. The maximum atomic E-state index is 12.7. The molecule has 12 nitrogen and oxygen atoms in total. The zero-order valence-electron chi connectivity index (χ0n) is 21.6. The second kappa shape index (κ2) is 12.4. The van der Waals surface area contributed by atoms with E-state index in [1.807, 2.05) is 0 Å². The number of likely N-dealkylation sites (N-methyl/N-ethyl adjacent to an activating group) is 1. The topological polar surface area (TPSA) is 152 Å². The van der Waals surface area contributed by atoms with Gasteiger partial charge in [-0.05, 0) is 39.6 Å². The monoisotopic (exact) mass is 564 g/mol. The maximum Gasteiger partial charge on any atom is 0.313 e. The lowest BCUT2D eigenvalue weighted by atomic mass is 10.2. The maximum absolute atomic E-state index is 12.7. The number of nitrogens with one attached hydrogen (secondary N) is 2. The molecule has 0 spiro atoms. The molecule has 0 aliphatic carbocycles. The van der Waals surface area contributed by atoms with Crippen molar-refractivity contribution < 1.29 is 24.1 Å². The van der Waals surface area contributed by atoms with Crippen LogP contribution in [0.3, 0.4) is 0 Å². The van der Waals surface area contributed by atoms with Gasteiger partial charge in [-0.15, -0.1) is 0 Å². The Kier molecular flexibility index (Phi) is 9.50. The zero-order chi connectivity index (χ0) is 28.0. The summed E-state index contributed by atoms with van der Waals surface area (Å²) in [5, 5.41) is 28.2. The summed E-state index contributed by atoms with van der Waals surface area (Å²) in [7, 11) is 2.35. The van der Waals surface area contributed by atoms with Crippen LogP contribution in [0.1, 0.15) is 0 Å². The van der Waals surface area contributed by atoms with Gasteiger partial charge in [0.15, 0.2) is 5.82 Å². The van der Waals surface area contributed by atoms with E-state index in [9.17, 15) is 19.8 Å². The van der Waals surface area contributed by atoms with Crippen molar-refractivity contribution in [2.45, 2.75) is 6.04 Å². The van der Waals surface area contributed by atoms with Crippen LogP contribution in [0.25, 0.3) is 0 Å². The van der Waals surface area contributed by atoms with Crippen LogP contribution in [-0.2, 0) is 4.57 Å². The van der Waals surface area contributed by atoms with Gasteiger partial charge in [-0.2, -0.15) is 4.98 Å². The van der Waals surface area contributed by atoms with Gasteiger partial charge in [0.2, 0.25) is 11.7 Å². The Bertz CT molecular complexity index is 1350. The Morgan fingerprint density at radius 3 is 2.50 bits per heavy atom. The number of halogens is 1. The third-order valence-electron chi connectivity index (χ3n) is 5.58. The average molecular weight is 565 g/mol. The highest BCUT2D eigenvalue weighted by Gasteiger charge is 2.23. The number of nitrogens with zero attached hydrogens (tertiary/aromatic N) is 4. The molecule has 3 aromatic rings. The number of hydrogen-bond acceptors (Lipinski definition) is 11. The van der Waals surface area contributed by atoms with Crippen molar-refractivity contribution in [2.24, 2.45) is 0 Å². The lowest BCUT2D eigenvalue weighted by molar-refractivity contribution is -0.385. The van der Waals surface area contributed by atoms with E-state index in [2.05, 4.69) is 20.6 Å². The second-order valence-electron chi connectivity index (χ2n) is 8.90. The van der Waals surface area contributed by atoms with Crippen LogP contribution in [0.2, 0.25) is 5.02 Å². The Balaban J connectivity index is 1.93. The highest BCUT2D eigenvalue weighted by molar-refractivity contribution is 7.70. The number of nitro groups is 1. The zero-order valence-corrected chi connectivity index (χ0v) is 23.3. The molecule has 0 aliphatic rings. The summed E-state index contributed by atoms with van der Waals surface area (Å²) < 4.78 is 23.8. The molecule has 0 saturated heterocycles. The summed E-state index contributed by atoms with van der Waals surface area (Å²) >= 11 is 6.32. The first-order chi connectivity index (χ1) is 17.9. The summed E-state index contributed by atoms with van der Waals surface area (Å²) in [6.45, 7) is 3.18. The van der Waals surface area contributed by atoms with E-state index >= 15 is 0 Å². The van der Waals surface area contributed by atoms with Crippen LogP contribution in [0, 0.1) is 10.1 Å². The van der Waals surface area contributed by atoms with Crippen LogP contribution >= 0.6 is 18.7 Å². The molecule has 1 heterocycles. The number of aromatic nitrogens is 2. The van der Waals surface area contributed by atoms with Gasteiger partial charge in [0, 0.05) is 17.4 Å². The minimum atomic E-state index is -2.60. The third kappa shape index (κ3) is 7.11. The SMILES string of the molecule is COc1cc(OCC(CO)N(C)C)c([N+](=O)[O-])cc1Nc1ncc(Cl)c(Nc2ccccc2P(C)(C)=O)n1. The van der Waals surface area contributed by atoms with Crippen molar-refractivity contribution in [3.63, 3.8) is 0 Å². The van der Waals surface area contributed by atoms with Crippen LogP contribution < -0.4 is 25.4 Å². The van der Waals surface area contributed by atoms with Gasteiger partial charge in [-0.25, -0.2) is 4.98 Å². The van der Waals surface area contributed by atoms with Crippen LogP contribution in [0.4, 0.5) is 28.8 Å². The summed E-state index contributed by atoms with van der Waals surface area (Å²) in [4.78, 5) is 21.5. The molecule has 0 radical (unpaired) electrons. The van der Waals surface area contributed by atoms with Crippen molar-refractivity contribution in [1.82, 2.24) is 14.9 Å². The number of aliphatic hydroxyl groups is 1. The fourth-order valence-corrected chi connectivity index (χ4v) is 4.73. The van der Waals surface area contributed by atoms with E-state index in [-0.39, 0.29) is 58.9 Å². The number of aliphatic hydroxyl groups excluding tert-OH is 1. The van der Waals surface area contributed by atoms with E-state index in [4.69, 9.17) is 21.1 Å². The third-order valence-corrected chi connectivity index (χ3v) is 7.40. The highest BCUT2D eigenvalue weighted by Crippen LogP contribution is 2.40. The molecule has 3 rings (SSSR count). The molecule has 3 N–H and O–H groups in total. The second-order valence-corrected chi connectivity index (χ2v) is 12.5. The molecule has 0 amide bonds. The molecule has 2 aromatic carbocycles. The van der Waals surface area contributed by atoms with Gasteiger partial charge in [-0.1, -0.05) is 23.7 Å². The molecule has 0 fully saturated rings. The molecule has 0 saturated carbocycles. The van der Waals surface area contributed by atoms with Gasteiger partial charge >= 0.3 is 5.69 Å². The highest BCUT2D eigenvalue weighted by atomic mass is 35.5. The Morgan fingerprint density at radius 2 is 1.89 bits per heavy atom. The fraction of sp³-hybridized carbons (Fsp3) is 0.333. The van der Waals surface area contributed by atoms with Crippen molar-refractivity contribution >= 4 is 52.9 Å². The smallest absolute Gasteiger partial charge is 0.313 e. The van der Waals surface area contributed by atoms with Crippen LogP contribution in [0.15, 0.2) is 42.6 Å². The molecule has 1 unspecified atom stereocenters. The number of anilines is 4. The van der Waals surface area contributed by atoms with Gasteiger partial charge in [-0.3, -0.25) is 10.1 Å². The minimum absolute atomic E-state index is 0.0164. The molecule has 1 atom stereocenters. The van der Waals surface area contributed by atoms with Gasteiger partial charge in [0.25, 0.3) is 0 Å². The first kappa shape index (κ1) is 29.1. The molecule has 14 heteroatoms. The normalized spacial score (nSPS) is 12.2. The number of nitro benzene ring substituents is 1. The van der Waals surface area contributed by atoms with Gasteiger partial charge in [0.1, 0.15) is 24.5 Å². The quantitative estimate of drug-likeness (QED) is 0.166. The predicted molar refractivity (Wildman–Crippen MR) is 149 cm³/mol. The summed E-state index contributed by atoms with van der Waals surface area (Å²) in [5.74, 6) is 0.557. The first-order valence-corrected chi connectivity index (χ1v) is 14.4. The molecule has 0 bridgehead atoms. The molecule has 1 aromatic heterocycles. The largest absolute Gasteiger partial charge is 0.494 e. The van der Waals surface area contributed by atoms with Crippen LogP contribution in [0.5, 0.6) is 11.5 Å². The molecule has 0 aliphatic heterocycles. The lowest BCUT2D eigenvalue weighted by Crippen LogP contribution is -2.36. The molecular weight excluding hydrogens is 535 g/mol. The number of rotatable bonds is 12. The van der Waals surface area contributed by atoms with E-state index in [0.717, 1.165) is 0 Å². The fourth-order valence-electron chi connectivity index (χ4n) is 3.44. The number of methoxy groups -OCH3 is 1. The Labute approximate surface area is 225 Å². The van der Waals surface area contributed by atoms with E-state index < -0.39 is 12.1 Å². The van der Waals surface area contributed by atoms with Gasteiger partial charge in [0.05, 0.1) is 42.3 Å². The van der Waals surface area contributed by atoms with Crippen molar-refractivity contribution in [3.8, 4) is 11.5 Å². The first-order valence-electron chi connectivity index (χ1n) is 11.4. The van der Waals surface area contributed by atoms with Crippen molar-refractivity contribution in [2.75, 3.05) is 58.4 Å².